The summed E-state index contributed by atoms with van der Waals surface area (Å²) in [6.45, 7) is -2.49. The van der Waals surface area contributed by atoms with E-state index in [9.17, 15) is 45.9 Å². The number of anilines is 4. The van der Waals surface area contributed by atoms with Gasteiger partial charge in [-0.2, -0.15) is 28.1 Å². The maximum Gasteiger partial charge on any atom is 0.422 e. The van der Waals surface area contributed by atoms with Crippen LogP contribution in [0.2, 0.25) is 5.02 Å². The molecule has 1 aliphatic rings. The lowest BCUT2D eigenvalue weighted by Crippen LogP contribution is -2.40. The zero-order valence-corrected chi connectivity index (χ0v) is 28.9. The number of carboxylic acids is 1. The van der Waals surface area contributed by atoms with Crippen molar-refractivity contribution in [2.24, 2.45) is 10.1 Å². The fourth-order valence-corrected chi connectivity index (χ4v) is 5.25. The summed E-state index contributed by atoms with van der Waals surface area (Å²) >= 11 is 6.00. The predicted molar refractivity (Wildman–Crippen MR) is 186 cm³/mol. The van der Waals surface area contributed by atoms with Crippen LogP contribution in [-0.4, -0.2) is 77.2 Å². The maximum absolute atomic E-state index is 12.9. The number of ether oxygens (including phenoxy) is 1. The van der Waals surface area contributed by atoms with Crippen LogP contribution in [0.25, 0.3) is 0 Å². The molecule has 0 bridgehead atoms. The number of carbonyl (C=O) groups is 4. The summed E-state index contributed by atoms with van der Waals surface area (Å²) in [7, 11) is -3.99. The Morgan fingerprint density at radius 2 is 1.50 bits per heavy atom. The first kappa shape index (κ1) is 39.0. The molecular formula is C32H27ClF3N9O8S. The largest absolute Gasteiger partial charge is 0.477 e. The number of halogens is 4. The average Bonchev–Trinajstić information content (AvgIpc) is 3.89. The Kier molecular flexibility index (Phi) is 11.4. The van der Waals surface area contributed by atoms with Crippen LogP contribution >= 0.6 is 11.6 Å². The minimum absolute atomic E-state index is 0.0337. The van der Waals surface area contributed by atoms with Gasteiger partial charge in [-0.3, -0.25) is 14.4 Å². The van der Waals surface area contributed by atoms with E-state index >= 15 is 0 Å². The molecule has 22 heteroatoms. The molecule has 1 aromatic heterocycles. The van der Waals surface area contributed by atoms with Crippen molar-refractivity contribution in [2.45, 2.75) is 29.5 Å². The van der Waals surface area contributed by atoms with Gasteiger partial charge in [0.05, 0.1) is 17.0 Å². The van der Waals surface area contributed by atoms with Gasteiger partial charge in [0, 0.05) is 22.0 Å². The third-order valence-corrected chi connectivity index (χ3v) is 8.59. The predicted octanol–water partition coefficient (Wildman–Crippen LogP) is 3.38. The fraction of sp³-hybridized carbons (Fsp3) is 0.188. The van der Waals surface area contributed by atoms with Crippen molar-refractivity contribution in [3.05, 3.63) is 88.9 Å². The monoisotopic (exact) mass is 789 g/mol. The molecule has 0 radical (unpaired) electrons. The zero-order chi connectivity index (χ0) is 39.3. The number of amides is 3. The number of rotatable bonds is 13. The number of hydrogen-bond donors (Lipinski definition) is 6. The normalized spacial score (nSPS) is 13.7. The lowest BCUT2D eigenvalue weighted by atomic mass is 10.1. The maximum atomic E-state index is 12.9. The van der Waals surface area contributed by atoms with E-state index in [1.165, 1.54) is 36.4 Å². The van der Waals surface area contributed by atoms with Crippen molar-refractivity contribution in [3.63, 3.8) is 0 Å². The number of aliphatic imine (C=N–C) groups is 1. The van der Waals surface area contributed by atoms with Crippen molar-refractivity contribution in [1.29, 1.82) is 0 Å². The molecule has 282 valence electrons. The van der Waals surface area contributed by atoms with Gasteiger partial charge in [0.15, 0.2) is 6.61 Å². The van der Waals surface area contributed by atoms with Crippen LogP contribution in [0.15, 0.2) is 82.7 Å². The van der Waals surface area contributed by atoms with E-state index in [0.29, 0.717) is 17.9 Å². The molecule has 7 N–H and O–H groups in total. The van der Waals surface area contributed by atoms with Gasteiger partial charge < -0.3 is 31.1 Å². The molecule has 4 aromatic rings. The summed E-state index contributed by atoms with van der Waals surface area (Å²) in [5, 5.41) is 25.2. The van der Waals surface area contributed by atoms with Crippen molar-refractivity contribution in [2.75, 3.05) is 29.1 Å². The summed E-state index contributed by atoms with van der Waals surface area (Å²) in [6.07, 6.45) is -3.32. The van der Waals surface area contributed by atoms with Crippen LogP contribution in [0.4, 0.5) is 36.4 Å². The van der Waals surface area contributed by atoms with Crippen LogP contribution in [-0.2, 0) is 29.9 Å². The van der Waals surface area contributed by atoms with E-state index < -0.39 is 70.3 Å². The van der Waals surface area contributed by atoms with E-state index in [1.807, 2.05) is 5.32 Å². The minimum Gasteiger partial charge on any atom is -0.477 e. The number of nitrogens with one attached hydrogen (secondary N) is 4. The molecule has 3 aromatic carbocycles. The highest BCUT2D eigenvalue weighted by atomic mass is 35.5. The highest BCUT2D eigenvalue weighted by Gasteiger charge is 2.45. The van der Waals surface area contributed by atoms with Gasteiger partial charge in [-0.25, -0.2) is 23.3 Å². The van der Waals surface area contributed by atoms with Gasteiger partial charge in [0.1, 0.15) is 5.71 Å². The second-order valence-corrected chi connectivity index (χ2v) is 13.5. The lowest BCUT2D eigenvalue weighted by molar-refractivity contribution is -0.154. The summed E-state index contributed by atoms with van der Waals surface area (Å²) in [4.78, 5) is 64.5. The number of carbonyl (C=O) groups excluding carboxylic acids is 3. The molecule has 1 fully saturated rings. The van der Waals surface area contributed by atoms with Crippen molar-refractivity contribution >= 4 is 74.3 Å². The Balaban J connectivity index is 1.24. The number of aromatic nitrogens is 3. The van der Waals surface area contributed by atoms with Gasteiger partial charge in [-0.15, -0.1) is 0 Å². The van der Waals surface area contributed by atoms with Crippen molar-refractivity contribution in [1.82, 2.24) is 20.3 Å². The highest BCUT2D eigenvalue weighted by Crippen LogP contribution is 2.48. The third-order valence-electron chi connectivity index (χ3n) is 7.41. The zero-order valence-electron chi connectivity index (χ0n) is 27.3. The molecule has 3 amide bonds. The van der Waals surface area contributed by atoms with Gasteiger partial charge in [-0.05, 0) is 79.1 Å². The number of carboxylic acid groups (broad SMARTS) is 1. The topological polar surface area (TPSA) is 257 Å². The number of aliphatic carboxylic acids is 1. The Morgan fingerprint density at radius 1 is 0.889 bits per heavy atom. The number of nitrogens with two attached hydrogens (primary N) is 1. The fourth-order valence-electron chi connectivity index (χ4n) is 4.61. The lowest BCUT2D eigenvalue weighted by Gasteiger charge is -2.19. The molecule has 1 aliphatic carbocycles. The average molecular weight is 790 g/mol. The Labute approximate surface area is 308 Å². The minimum atomic E-state index is -4.67. The number of hydrogen-bond acceptors (Lipinski definition) is 12. The SMILES string of the molecule is NS(=O)(=O)c1ccc(NC(=O)C(=O)NC/C(=N/C(=O)c2ccc(Nc3nc(NC4(c5ccc(Cl)cc5)CC4)nc(OCC(F)(F)F)n3)cc2)C(=O)O)cc1. The molecule has 0 unspecified atom stereocenters. The number of alkyl halides is 3. The summed E-state index contributed by atoms with van der Waals surface area (Å²) < 4.78 is 66.3. The molecule has 1 saturated carbocycles. The molecular weight excluding hydrogens is 763 g/mol. The molecule has 0 saturated heterocycles. The van der Waals surface area contributed by atoms with Crippen LogP contribution in [0, 0.1) is 0 Å². The first-order valence-electron chi connectivity index (χ1n) is 15.3. The number of benzene rings is 3. The van der Waals surface area contributed by atoms with Crippen molar-refractivity contribution < 1.29 is 50.6 Å². The quantitative estimate of drug-likeness (QED) is 0.0840. The molecule has 1 heterocycles. The molecule has 0 spiro atoms. The molecule has 17 nitrogen and oxygen atoms in total. The summed E-state index contributed by atoms with van der Waals surface area (Å²) in [6, 6.07) is 16.1. The third kappa shape index (κ3) is 10.7. The smallest absolute Gasteiger partial charge is 0.422 e. The molecule has 0 aliphatic heterocycles. The molecule has 54 heavy (non-hydrogen) atoms. The summed E-state index contributed by atoms with van der Waals surface area (Å²) in [5.41, 5.74) is -0.365. The van der Waals surface area contributed by atoms with E-state index in [0.717, 1.165) is 17.7 Å². The molecule has 0 atom stereocenters. The first-order chi connectivity index (χ1) is 25.4. The second-order valence-electron chi connectivity index (χ2n) is 11.5. The standard InChI is InChI=1S/C32H27ClF3N9O8S/c33-19-5-3-18(4-6-19)31(13-14-31)45-29-42-28(43-30(44-29)53-16-32(34,35)36)40-21-7-1-17(2-8-21)24(46)41-23(27(49)50)15-38-25(47)26(48)39-20-9-11-22(12-10-20)54(37,51)52/h1-12H,13-16H2,(H,38,47)(H,39,48)(H,49,50)(H2,37,51,52)(H2,40,42,43,44,45)/b41-23-. The number of primary sulfonamides is 1. The molecule has 5 rings (SSSR count). The van der Waals surface area contributed by atoms with Gasteiger partial charge in [0.25, 0.3) is 5.91 Å². The van der Waals surface area contributed by atoms with E-state index in [1.54, 1.807) is 24.3 Å². The number of nitrogens with zero attached hydrogens (tertiary/aromatic N) is 4. The van der Waals surface area contributed by atoms with E-state index in [-0.39, 0.29) is 33.7 Å². The van der Waals surface area contributed by atoms with Crippen LogP contribution in [0.3, 0.4) is 0 Å². The Bertz CT molecular complexity index is 2220. The van der Waals surface area contributed by atoms with E-state index in [4.69, 9.17) is 21.5 Å². The van der Waals surface area contributed by atoms with Gasteiger partial charge >= 0.3 is 30.0 Å². The number of sulfonamides is 1. The van der Waals surface area contributed by atoms with Crippen LogP contribution in [0.1, 0.15) is 28.8 Å². The van der Waals surface area contributed by atoms with Gasteiger partial charge in [0.2, 0.25) is 21.9 Å². The second kappa shape index (κ2) is 15.8. The highest BCUT2D eigenvalue weighted by molar-refractivity contribution is 7.89. The Morgan fingerprint density at radius 3 is 2.07 bits per heavy atom. The van der Waals surface area contributed by atoms with Gasteiger partial charge in [-0.1, -0.05) is 23.7 Å². The first-order valence-corrected chi connectivity index (χ1v) is 17.3. The Hall–Kier alpha value is -6.19. The van der Waals surface area contributed by atoms with E-state index in [2.05, 4.69) is 35.9 Å². The van der Waals surface area contributed by atoms with Crippen LogP contribution in [0.5, 0.6) is 6.01 Å². The summed E-state index contributed by atoms with van der Waals surface area (Å²) in [5.74, 6) is -5.51. The van der Waals surface area contributed by atoms with Crippen molar-refractivity contribution in [3.8, 4) is 6.01 Å². The van der Waals surface area contributed by atoms with Crippen LogP contribution < -0.4 is 31.1 Å².